The van der Waals surface area contributed by atoms with Gasteiger partial charge in [0.2, 0.25) is 5.82 Å². The molecule has 18 heavy (non-hydrogen) atoms. The van der Waals surface area contributed by atoms with Gasteiger partial charge in [-0.25, -0.2) is 0 Å². The lowest BCUT2D eigenvalue weighted by Gasteiger charge is -1.98. The Morgan fingerprint density at radius 2 is 2.11 bits per heavy atom. The average Bonchev–Trinajstić information content (AvgIpc) is 2.99. The molecule has 0 unspecified atom stereocenters. The second kappa shape index (κ2) is 4.19. The molecule has 1 aromatic carbocycles. The lowest BCUT2D eigenvalue weighted by Crippen LogP contribution is -1.80. The van der Waals surface area contributed by atoms with Gasteiger partial charge in [0.1, 0.15) is 12.0 Å². The van der Waals surface area contributed by atoms with Crippen LogP contribution in [0.5, 0.6) is 5.75 Å². The zero-order valence-corrected chi connectivity index (χ0v) is 9.76. The number of aromatic nitrogens is 2. The molecule has 0 aliphatic rings. The number of halogens is 1. The smallest absolute Gasteiger partial charge is 0.262 e. The van der Waals surface area contributed by atoms with E-state index in [0.717, 1.165) is 0 Å². The third-order valence-corrected chi connectivity index (χ3v) is 2.63. The van der Waals surface area contributed by atoms with E-state index in [0.29, 0.717) is 22.0 Å². The first-order chi connectivity index (χ1) is 8.74. The van der Waals surface area contributed by atoms with Gasteiger partial charge in [-0.05, 0) is 24.3 Å². The maximum Gasteiger partial charge on any atom is 0.262 e. The molecule has 2 aromatic heterocycles. The zero-order chi connectivity index (χ0) is 12.5. The molecule has 6 heteroatoms. The van der Waals surface area contributed by atoms with E-state index in [9.17, 15) is 5.11 Å². The first-order valence-electron chi connectivity index (χ1n) is 5.09. The van der Waals surface area contributed by atoms with Crippen LogP contribution >= 0.6 is 11.6 Å². The van der Waals surface area contributed by atoms with Crippen molar-refractivity contribution in [3.05, 3.63) is 41.8 Å². The fourth-order valence-corrected chi connectivity index (χ4v) is 1.69. The van der Waals surface area contributed by atoms with Crippen molar-refractivity contribution >= 4 is 11.6 Å². The predicted octanol–water partition coefficient (Wildman–Crippen LogP) is 3.36. The molecular weight excluding hydrogens is 256 g/mol. The number of rotatable bonds is 2. The molecule has 0 fully saturated rings. The summed E-state index contributed by atoms with van der Waals surface area (Å²) in [5.41, 5.74) is 1.14. The normalized spacial score (nSPS) is 10.7. The summed E-state index contributed by atoms with van der Waals surface area (Å²) in [5.74, 6) is 0.610. The van der Waals surface area contributed by atoms with E-state index in [1.165, 1.54) is 18.6 Å². The van der Waals surface area contributed by atoms with Gasteiger partial charge in [0.05, 0.1) is 17.4 Å². The van der Waals surface area contributed by atoms with Crippen LogP contribution in [0.4, 0.5) is 0 Å². The van der Waals surface area contributed by atoms with Gasteiger partial charge >= 0.3 is 0 Å². The Labute approximate surface area is 107 Å². The molecule has 1 N–H and O–H groups in total. The van der Waals surface area contributed by atoms with Crippen molar-refractivity contribution in [2.24, 2.45) is 0 Å². The predicted molar refractivity (Wildman–Crippen MR) is 64.1 cm³/mol. The molecule has 3 aromatic rings. The highest BCUT2D eigenvalue weighted by molar-refractivity contribution is 6.30. The van der Waals surface area contributed by atoms with Gasteiger partial charge < -0.3 is 14.0 Å². The Morgan fingerprint density at radius 3 is 2.83 bits per heavy atom. The van der Waals surface area contributed by atoms with Crippen LogP contribution in [0.25, 0.3) is 22.8 Å². The van der Waals surface area contributed by atoms with E-state index in [4.69, 9.17) is 20.5 Å². The van der Waals surface area contributed by atoms with Crippen LogP contribution in [0.2, 0.25) is 5.02 Å². The number of phenols is 1. The van der Waals surface area contributed by atoms with Crippen molar-refractivity contribution in [1.82, 2.24) is 10.1 Å². The van der Waals surface area contributed by atoms with Crippen molar-refractivity contribution in [1.29, 1.82) is 0 Å². The molecule has 5 nitrogen and oxygen atoms in total. The number of benzene rings is 1. The second-order valence-corrected chi connectivity index (χ2v) is 4.03. The summed E-state index contributed by atoms with van der Waals surface area (Å²) in [4.78, 5) is 4.17. The summed E-state index contributed by atoms with van der Waals surface area (Å²) in [7, 11) is 0. The van der Waals surface area contributed by atoms with Gasteiger partial charge in [-0.1, -0.05) is 16.8 Å². The van der Waals surface area contributed by atoms with Gasteiger partial charge in [0.15, 0.2) is 0 Å². The minimum atomic E-state index is -0.00936. The summed E-state index contributed by atoms with van der Waals surface area (Å²) in [6, 6.07) is 6.39. The van der Waals surface area contributed by atoms with Crippen LogP contribution < -0.4 is 0 Å². The van der Waals surface area contributed by atoms with E-state index in [-0.39, 0.29) is 11.6 Å². The Bertz CT molecular complexity index is 676. The van der Waals surface area contributed by atoms with Crippen LogP contribution in [-0.4, -0.2) is 15.2 Å². The van der Waals surface area contributed by atoms with Gasteiger partial charge in [-0.15, -0.1) is 0 Å². The van der Waals surface area contributed by atoms with Crippen molar-refractivity contribution in [2.45, 2.75) is 0 Å². The first-order valence-corrected chi connectivity index (χ1v) is 5.47. The van der Waals surface area contributed by atoms with Crippen LogP contribution in [-0.2, 0) is 0 Å². The number of aromatic hydroxyl groups is 1. The second-order valence-electron chi connectivity index (χ2n) is 3.60. The molecule has 0 aliphatic carbocycles. The SMILES string of the molecule is Oc1cc(Cl)ccc1-c1nc(-c2ccoc2)no1. The fraction of sp³-hybridized carbons (Fsp3) is 0. The molecule has 0 spiro atoms. The fourth-order valence-electron chi connectivity index (χ4n) is 1.53. The molecule has 0 bridgehead atoms. The number of furan rings is 1. The van der Waals surface area contributed by atoms with E-state index in [2.05, 4.69) is 10.1 Å². The Kier molecular flexibility index (Phi) is 2.53. The van der Waals surface area contributed by atoms with Gasteiger partial charge in [-0.2, -0.15) is 4.98 Å². The van der Waals surface area contributed by atoms with E-state index >= 15 is 0 Å². The molecule has 0 atom stereocenters. The summed E-state index contributed by atoms with van der Waals surface area (Å²) in [6.07, 6.45) is 3.03. The van der Waals surface area contributed by atoms with Gasteiger partial charge in [0.25, 0.3) is 5.89 Å². The molecule has 0 amide bonds. The molecule has 90 valence electrons. The van der Waals surface area contributed by atoms with E-state index in [1.54, 1.807) is 18.2 Å². The number of nitrogens with zero attached hydrogens (tertiary/aromatic N) is 2. The quantitative estimate of drug-likeness (QED) is 0.767. The number of hydrogen-bond donors (Lipinski definition) is 1. The third-order valence-electron chi connectivity index (χ3n) is 2.40. The first kappa shape index (κ1) is 10.9. The summed E-state index contributed by atoms with van der Waals surface area (Å²) < 4.78 is 10.0. The maximum absolute atomic E-state index is 9.75. The molecule has 0 saturated heterocycles. The average molecular weight is 263 g/mol. The lowest BCUT2D eigenvalue weighted by molar-refractivity contribution is 0.425. The van der Waals surface area contributed by atoms with E-state index < -0.39 is 0 Å². The standard InChI is InChI=1S/C12H7ClN2O3/c13-8-1-2-9(10(16)5-8)12-14-11(15-18-12)7-3-4-17-6-7/h1-6,16H. The summed E-state index contributed by atoms with van der Waals surface area (Å²) in [6.45, 7) is 0. The molecule has 0 radical (unpaired) electrons. The topological polar surface area (TPSA) is 72.3 Å². The summed E-state index contributed by atoms with van der Waals surface area (Å²) >= 11 is 5.75. The molecule has 0 aliphatic heterocycles. The molecule has 2 heterocycles. The molecular formula is C12H7ClN2O3. The van der Waals surface area contributed by atoms with E-state index in [1.807, 2.05) is 0 Å². The largest absolute Gasteiger partial charge is 0.507 e. The zero-order valence-electron chi connectivity index (χ0n) is 9.00. The number of hydrogen-bond acceptors (Lipinski definition) is 5. The highest BCUT2D eigenvalue weighted by Crippen LogP contribution is 2.31. The third kappa shape index (κ3) is 1.84. The van der Waals surface area contributed by atoms with Crippen LogP contribution in [0.1, 0.15) is 0 Å². The highest BCUT2D eigenvalue weighted by atomic mass is 35.5. The van der Waals surface area contributed by atoms with Crippen LogP contribution in [0.15, 0.2) is 45.7 Å². The van der Waals surface area contributed by atoms with Crippen LogP contribution in [0.3, 0.4) is 0 Å². The highest BCUT2D eigenvalue weighted by Gasteiger charge is 2.14. The van der Waals surface area contributed by atoms with Gasteiger partial charge in [-0.3, -0.25) is 0 Å². The Balaban J connectivity index is 2.03. The maximum atomic E-state index is 9.75. The molecule has 0 saturated carbocycles. The van der Waals surface area contributed by atoms with Crippen molar-refractivity contribution in [3.8, 4) is 28.6 Å². The Hall–Kier alpha value is -2.27. The minimum absolute atomic E-state index is 0.00936. The number of phenolic OH excluding ortho intramolecular Hbond substituents is 1. The van der Waals surface area contributed by atoms with Crippen molar-refractivity contribution in [3.63, 3.8) is 0 Å². The van der Waals surface area contributed by atoms with Crippen molar-refractivity contribution < 1.29 is 14.0 Å². The Morgan fingerprint density at radius 1 is 1.22 bits per heavy atom. The summed E-state index contributed by atoms with van der Waals surface area (Å²) in [5, 5.41) is 14.0. The van der Waals surface area contributed by atoms with Gasteiger partial charge in [0, 0.05) is 5.02 Å². The van der Waals surface area contributed by atoms with Crippen molar-refractivity contribution in [2.75, 3.05) is 0 Å². The lowest BCUT2D eigenvalue weighted by atomic mass is 10.2. The monoisotopic (exact) mass is 262 g/mol. The molecule has 3 rings (SSSR count). The van der Waals surface area contributed by atoms with Crippen LogP contribution in [0, 0.1) is 0 Å². The minimum Gasteiger partial charge on any atom is -0.507 e.